The molecule has 0 aliphatic rings. The SMILES string of the molecule is CCCC(N)(CC)CNC(=O)c1oc(C(=O)O)cc(=O)c1O. The van der Waals surface area contributed by atoms with Crippen LogP contribution in [0.1, 0.15) is 54.2 Å². The average Bonchev–Trinajstić information content (AvgIpc) is 2.47. The Hall–Kier alpha value is -2.35. The van der Waals surface area contributed by atoms with Crippen LogP contribution in [0.25, 0.3) is 0 Å². The van der Waals surface area contributed by atoms with E-state index in [4.69, 9.17) is 15.3 Å². The number of hydrogen-bond acceptors (Lipinski definition) is 6. The molecule has 1 aromatic heterocycles. The van der Waals surface area contributed by atoms with E-state index in [0.717, 1.165) is 6.42 Å². The van der Waals surface area contributed by atoms with Crippen molar-refractivity contribution in [2.45, 2.75) is 38.6 Å². The molecule has 1 rings (SSSR count). The van der Waals surface area contributed by atoms with E-state index in [0.29, 0.717) is 18.9 Å². The van der Waals surface area contributed by atoms with Gasteiger partial charge in [0.2, 0.25) is 22.7 Å². The third-order valence-electron chi connectivity index (χ3n) is 3.39. The molecule has 0 aliphatic carbocycles. The number of amides is 1. The van der Waals surface area contributed by atoms with Gasteiger partial charge in [0.1, 0.15) is 0 Å². The average molecular weight is 312 g/mol. The summed E-state index contributed by atoms with van der Waals surface area (Å²) in [4.78, 5) is 34.3. The molecular weight excluding hydrogens is 292 g/mol. The Labute approximate surface area is 126 Å². The summed E-state index contributed by atoms with van der Waals surface area (Å²) in [5.41, 5.74) is 4.49. The minimum atomic E-state index is -1.51. The highest BCUT2D eigenvalue weighted by atomic mass is 16.4. The van der Waals surface area contributed by atoms with Crippen LogP contribution in [0.4, 0.5) is 0 Å². The van der Waals surface area contributed by atoms with Crippen molar-refractivity contribution < 1.29 is 24.2 Å². The van der Waals surface area contributed by atoms with Gasteiger partial charge in [0.25, 0.3) is 5.91 Å². The van der Waals surface area contributed by atoms with Crippen molar-refractivity contribution in [2.24, 2.45) is 5.73 Å². The summed E-state index contributed by atoms with van der Waals surface area (Å²) < 4.78 is 4.77. The summed E-state index contributed by atoms with van der Waals surface area (Å²) in [5, 5.41) is 20.8. The fourth-order valence-corrected chi connectivity index (χ4v) is 1.97. The van der Waals surface area contributed by atoms with Crippen molar-refractivity contribution in [3.05, 3.63) is 27.8 Å². The normalized spacial score (nSPS) is 13.4. The van der Waals surface area contributed by atoms with Gasteiger partial charge < -0.3 is 25.7 Å². The molecule has 0 aliphatic heterocycles. The molecule has 1 unspecified atom stereocenters. The van der Waals surface area contributed by atoms with Gasteiger partial charge in [0.15, 0.2) is 0 Å². The smallest absolute Gasteiger partial charge is 0.371 e. The molecule has 0 bridgehead atoms. The summed E-state index contributed by atoms with van der Waals surface area (Å²) in [5.74, 6) is -4.80. The Morgan fingerprint density at radius 1 is 1.41 bits per heavy atom. The van der Waals surface area contributed by atoms with Gasteiger partial charge in [-0.1, -0.05) is 20.3 Å². The molecule has 1 amide bonds. The van der Waals surface area contributed by atoms with E-state index in [-0.39, 0.29) is 6.54 Å². The predicted molar refractivity (Wildman–Crippen MR) is 78.1 cm³/mol. The quantitative estimate of drug-likeness (QED) is 0.579. The van der Waals surface area contributed by atoms with Gasteiger partial charge in [-0.15, -0.1) is 0 Å². The molecule has 0 fully saturated rings. The van der Waals surface area contributed by atoms with E-state index in [1.807, 2.05) is 13.8 Å². The van der Waals surface area contributed by atoms with Crippen LogP contribution in [-0.2, 0) is 0 Å². The van der Waals surface area contributed by atoms with Gasteiger partial charge in [-0.3, -0.25) is 9.59 Å². The third-order valence-corrected chi connectivity index (χ3v) is 3.39. The monoisotopic (exact) mass is 312 g/mol. The van der Waals surface area contributed by atoms with E-state index in [9.17, 15) is 19.5 Å². The number of carbonyl (C=O) groups excluding carboxylic acids is 1. The molecule has 0 spiro atoms. The van der Waals surface area contributed by atoms with Crippen molar-refractivity contribution in [1.82, 2.24) is 5.32 Å². The molecule has 1 aromatic rings. The van der Waals surface area contributed by atoms with Crippen molar-refractivity contribution in [2.75, 3.05) is 6.54 Å². The second kappa shape index (κ2) is 7.08. The summed E-state index contributed by atoms with van der Waals surface area (Å²) >= 11 is 0. The maximum Gasteiger partial charge on any atom is 0.371 e. The molecule has 22 heavy (non-hydrogen) atoms. The third kappa shape index (κ3) is 4.08. The van der Waals surface area contributed by atoms with E-state index < -0.39 is 40.1 Å². The van der Waals surface area contributed by atoms with Crippen LogP contribution in [-0.4, -0.2) is 34.2 Å². The Bertz CT molecular complexity index is 624. The number of nitrogens with one attached hydrogen (secondary N) is 1. The van der Waals surface area contributed by atoms with Crippen LogP contribution in [0, 0.1) is 0 Å². The highest BCUT2D eigenvalue weighted by Gasteiger charge is 2.26. The van der Waals surface area contributed by atoms with Crippen LogP contribution in [0.2, 0.25) is 0 Å². The van der Waals surface area contributed by atoms with Crippen LogP contribution in [0.5, 0.6) is 5.75 Å². The standard InChI is InChI=1S/C14H20N2O6/c1-3-5-14(15,4-2)7-16-12(19)11-10(18)8(17)6-9(22-11)13(20)21/h6,18H,3-5,7,15H2,1-2H3,(H,16,19)(H,20,21). The molecule has 0 saturated carbocycles. The molecule has 0 saturated heterocycles. The lowest BCUT2D eigenvalue weighted by molar-refractivity contribution is 0.0654. The van der Waals surface area contributed by atoms with Gasteiger partial charge >= 0.3 is 5.97 Å². The predicted octanol–water partition coefficient (Wildman–Crippen LogP) is 0.681. The Morgan fingerprint density at radius 2 is 2.05 bits per heavy atom. The molecule has 0 aromatic carbocycles. The molecule has 1 atom stereocenters. The zero-order valence-corrected chi connectivity index (χ0v) is 12.5. The molecule has 8 nitrogen and oxygen atoms in total. The lowest BCUT2D eigenvalue weighted by Gasteiger charge is -2.27. The van der Waals surface area contributed by atoms with E-state index in [1.165, 1.54) is 0 Å². The largest absolute Gasteiger partial charge is 0.501 e. The number of carboxylic acid groups (broad SMARTS) is 1. The maximum absolute atomic E-state index is 12.0. The first-order chi connectivity index (χ1) is 10.2. The first kappa shape index (κ1) is 17.7. The summed E-state index contributed by atoms with van der Waals surface area (Å²) in [7, 11) is 0. The Balaban J connectivity index is 2.99. The zero-order valence-electron chi connectivity index (χ0n) is 12.5. The summed E-state index contributed by atoms with van der Waals surface area (Å²) in [6.45, 7) is 3.95. The molecular formula is C14H20N2O6. The number of aromatic hydroxyl groups is 1. The molecule has 5 N–H and O–H groups in total. The van der Waals surface area contributed by atoms with Crippen molar-refractivity contribution in [3.8, 4) is 5.75 Å². The topological polar surface area (TPSA) is 143 Å². The highest BCUT2D eigenvalue weighted by molar-refractivity contribution is 5.95. The molecule has 8 heteroatoms. The lowest BCUT2D eigenvalue weighted by Crippen LogP contribution is -2.49. The number of hydrogen-bond donors (Lipinski definition) is 4. The Kier molecular flexibility index (Phi) is 5.69. The second-order valence-corrected chi connectivity index (χ2v) is 5.11. The van der Waals surface area contributed by atoms with Crippen LogP contribution in [0.15, 0.2) is 15.3 Å². The van der Waals surface area contributed by atoms with Gasteiger partial charge in [0, 0.05) is 18.2 Å². The van der Waals surface area contributed by atoms with Gasteiger partial charge in [-0.2, -0.15) is 0 Å². The number of rotatable bonds is 7. The van der Waals surface area contributed by atoms with Crippen LogP contribution < -0.4 is 16.5 Å². The van der Waals surface area contributed by atoms with E-state index in [1.54, 1.807) is 0 Å². The summed E-state index contributed by atoms with van der Waals surface area (Å²) in [6, 6.07) is 0.602. The first-order valence-corrected chi connectivity index (χ1v) is 6.91. The zero-order chi connectivity index (χ0) is 16.9. The molecule has 0 radical (unpaired) electrons. The fourth-order valence-electron chi connectivity index (χ4n) is 1.97. The second-order valence-electron chi connectivity index (χ2n) is 5.11. The number of aromatic carboxylic acids is 1. The van der Waals surface area contributed by atoms with E-state index >= 15 is 0 Å². The summed E-state index contributed by atoms with van der Waals surface area (Å²) in [6.07, 6.45) is 2.12. The Morgan fingerprint density at radius 3 is 2.55 bits per heavy atom. The molecule has 1 heterocycles. The highest BCUT2D eigenvalue weighted by Crippen LogP contribution is 2.16. The maximum atomic E-state index is 12.0. The fraction of sp³-hybridized carbons (Fsp3) is 0.500. The lowest BCUT2D eigenvalue weighted by atomic mass is 9.92. The van der Waals surface area contributed by atoms with E-state index in [2.05, 4.69) is 5.32 Å². The first-order valence-electron chi connectivity index (χ1n) is 6.91. The minimum Gasteiger partial charge on any atom is -0.501 e. The van der Waals surface area contributed by atoms with Gasteiger partial charge in [-0.05, 0) is 12.8 Å². The van der Waals surface area contributed by atoms with Crippen molar-refractivity contribution in [1.29, 1.82) is 0 Å². The molecule has 122 valence electrons. The number of carbonyl (C=O) groups is 2. The van der Waals surface area contributed by atoms with Crippen molar-refractivity contribution in [3.63, 3.8) is 0 Å². The number of carboxylic acids is 1. The van der Waals surface area contributed by atoms with Crippen LogP contribution in [0.3, 0.4) is 0 Å². The minimum absolute atomic E-state index is 0.108. The van der Waals surface area contributed by atoms with Gasteiger partial charge in [-0.25, -0.2) is 4.79 Å². The number of nitrogens with two attached hydrogens (primary N) is 1. The van der Waals surface area contributed by atoms with Crippen molar-refractivity contribution >= 4 is 11.9 Å². The van der Waals surface area contributed by atoms with Gasteiger partial charge in [0.05, 0.1) is 0 Å². The van der Waals surface area contributed by atoms with Crippen LogP contribution >= 0.6 is 0 Å².